The summed E-state index contributed by atoms with van der Waals surface area (Å²) < 4.78 is 49.1. The molecule has 1 aliphatic rings. The number of nitrogens with two attached hydrogens (primary N) is 1. The molecule has 2 aromatic rings. The van der Waals surface area contributed by atoms with E-state index in [0.29, 0.717) is 30.0 Å². The molecule has 0 heterocycles. The van der Waals surface area contributed by atoms with Crippen LogP contribution in [0.1, 0.15) is 30.9 Å². The van der Waals surface area contributed by atoms with Crippen LogP contribution in [0.4, 0.5) is 13.2 Å². The quantitative estimate of drug-likeness (QED) is 0.522. The van der Waals surface area contributed by atoms with Crippen LogP contribution in [-0.4, -0.2) is 19.6 Å². The molecule has 0 radical (unpaired) electrons. The number of hydrogen-bond acceptors (Lipinski definition) is 4. The number of hydrogen-bond donors (Lipinski definition) is 2. The van der Waals surface area contributed by atoms with Gasteiger partial charge in [0.2, 0.25) is 0 Å². The SMILES string of the molecule is CCC1=C(COC)C=CC(C(=O)NCc2cccc(Oc3ccc(C(F)(F)F)cc3)c2)=C(N)C1. The summed E-state index contributed by atoms with van der Waals surface area (Å²) in [5.74, 6) is 0.430. The van der Waals surface area contributed by atoms with Crippen molar-refractivity contribution in [3.05, 3.63) is 94.2 Å². The van der Waals surface area contributed by atoms with E-state index < -0.39 is 11.7 Å². The van der Waals surface area contributed by atoms with E-state index in [2.05, 4.69) is 5.32 Å². The van der Waals surface area contributed by atoms with Gasteiger partial charge in [0.05, 0.1) is 17.7 Å². The molecule has 0 saturated heterocycles. The van der Waals surface area contributed by atoms with Gasteiger partial charge in [-0.1, -0.05) is 30.7 Å². The summed E-state index contributed by atoms with van der Waals surface area (Å²) in [6.45, 7) is 2.72. The van der Waals surface area contributed by atoms with Crippen LogP contribution < -0.4 is 15.8 Å². The molecule has 0 spiro atoms. The minimum absolute atomic E-state index is 0.229. The summed E-state index contributed by atoms with van der Waals surface area (Å²) in [6, 6.07) is 11.4. The van der Waals surface area contributed by atoms with Gasteiger partial charge in [-0.15, -0.1) is 0 Å². The second-order valence-electron chi connectivity index (χ2n) is 7.82. The lowest BCUT2D eigenvalue weighted by Crippen LogP contribution is -2.26. The lowest BCUT2D eigenvalue weighted by atomic mass is 10.0. The number of alkyl halides is 3. The third-order valence-electron chi connectivity index (χ3n) is 5.40. The number of carbonyl (C=O) groups is 1. The minimum Gasteiger partial charge on any atom is -0.457 e. The first-order valence-electron chi connectivity index (χ1n) is 10.8. The summed E-state index contributed by atoms with van der Waals surface area (Å²) in [7, 11) is 1.62. The molecule has 0 aromatic heterocycles. The molecular weight excluding hydrogens is 445 g/mol. The molecule has 0 bridgehead atoms. The maximum absolute atomic E-state index is 12.8. The van der Waals surface area contributed by atoms with Gasteiger partial charge in [-0.05, 0) is 60.0 Å². The second kappa shape index (κ2) is 11.1. The van der Waals surface area contributed by atoms with Gasteiger partial charge in [0.15, 0.2) is 0 Å². The summed E-state index contributed by atoms with van der Waals surface area (Å²) >= 11 is 0. The van der Waals surface area contributed by atoms with E-state index in [4.69, 9.17) is 15.2 Å². The van der Waals surface area contributed by atoms with E-state index in [0.717, 1.165) is 35.3 Å². The van der Waals surface area contributed by atoms with E-state index in [1.54, 1.807) is 31.4 Å². The van der Waals surface area contributed by atoms with Crippen molar-refractivity contribution in [3.8, 4) is 11.5 Å². The average Bonchev–Trinajstić information content (AvgIpc) is 2.96. The maximum atomic E-state index is 12.8. The third-order valence-corrected chi connectivity index (χ3v) is 5.40. The van der Waals surface area contributed by atoms with Crippen molar-refractivity contribution < 1.29 is 27.4 Å². The van der Waals surface area contributed by atoms with Gasteiger partial charge in [-0.25, -0.2) is 0 Å². The van der Waals surface area contributed by atoms with Gasteiger partial charge in [0.1, 0.15) is 11.5 Å². The zero-order chi connectivity index (χ0) is 24.7. The van der Waals surface area contributed by atoms with E-state index in [-0.39, 0.29) is 18.2 Å². The standard InChI is InChI=1S/C26H27F3N2O3/c1-3-18-14-24(30)23(12-7-19(18)16-33-2)25(32)31-15-17-5-4-6-22(13-17)34-21-10-8-20(9-11-21)26(27,28)29/h4-13H,3,14-16,30H2,1-2H3,(H,31,32). The topological polar surface area (TPSA) is 73.6 Å². The predicted octanol–water partition coefficient (Wildman–Crippen LogP) is 5.64. The zero-order valence-electron chi connectivity index (χ0n) is 19.0. The van der Waals surface area contributed by atoms with Crippen LogP contribution in [0.25, 0.3) is 0 Å². The van der Waals surface area contributed by atoms with Crippen molar-refractivity contribution in [2.75, 3.05) is 13.7 Å². The number of nitrogens with one attached hydrogen (secondary N) is 1. The molecule has 8 heteroatoms. The summed E-state index contributed by atoms with van der Waals surface area (Å²) in [4.78, 5) is 12.8. The van der Waals surface area contributed by atoms with Crippen molar-refractivity contribution in [2.45, 2.75) is 32.5 Å². The van der Waals surface area contributed by atoms with Gasteiger partial charge in [0, 0.05) is 25.8 Å². The fourth-order valence-corrected chi connectivity index (χ4v) is 3.57. The lowest BCUT2D eigenvalue weighted by molar-refractivity contribution is -0.137. The van der Waals surface area contributed by atoms with Crippen LogP contribution >= 0.6 is 0 Å². The normalized spacial score (nSPS) is 14.3. The Morgan fingerprint density at radius 2 is 1.82 bits per heavy atom. The Hall–Kier alpha value is -3.52. The number of halogens is 3. The molecule has 0 aliphatic heterocycles. The Bertz CT molecular complexity index is 1120. The number of amides is 1. The molecule has 0 unspecified atom stereocenters. The first kappa shape index (κ1) is 25.1. The molecule has 34 heavy (non-hydrogen) atoms. The Labute approximate surface area is 196 Å². The molecule has 0 fully saturated rings. The molecule has 0 atom stereocenters. The van der Waals surface area contributed by atoms with Crippen LogP contribution in [0.3, 0.4) is 0 Å². The Kier molecular flexibility index (Phi) is 8.17. The predicted molar refractivity (Wildman–Crippen MR) is 124 cm³/mol. The van der Waals surface area contributed by atoms with Gasteiger partial charge in [-0.3, -0.25) is 4.79 Å². The van der Waals surface area contributed by atoms with Crippen molar-refractivity contribution in [2.24, 2.45) is 5.73 Å². The maximum Gasteiger partial charge on any atom is 0.416 e. The second-order valence-corrected chi connectivity index (χ2v) is 7.82. The van der Waals surface area contributed by atoms with E-state index >= 15 is 0 Å². The highest BCUT2D eigenvalue weighted by Gasteiger charge is 2.30. The first-order valence-corrected chi connectivity index (χ1v) is 10.8. The first-order chi connectivity index (χ1) is 16.2. The summed E-state index contributed by atoms with van der Waals surface area (Å²) in [6.07, 6.45) is 0.495. The number of benzene rings is 2. The number of rotatable bonds is 8. The van der Waals surface area contributed by atoms with Crippen LogP contribution in [0.2, 0.25) is 0 Å². The van der Waals surface area contributed by atoms with Crippen molar-refractivity contribution in [1.82, 2.24) is 5.32 Å². The Morgan fingerprint density at radius 3 is 2.47 bits per heavy atom. The van der Waals surface area contributed by atoms with E-state index in [1.165, 1.54) is 12.1 Å². The highest BCUT2D eigenvalue weighted by Crippen LogP contribution is 2.31. The minimum atomic E-state index is -4.40. The van der Waals surface area contributed by atoms with Crippen molar-refractivity contribution in [1.29, 1.82) is 0 Å². The van der Waals surface area contributed by atoms with Crippen LogP contribution in [0.15, 0.2) is 83.1 Å². The molecule has 5 nitrogen and oxygen atoms in total. The number of methoxy groups -OCH3 is 1. The van der Waals surface area contributed by atoms with E-state index in [1.807, 2.05) is 19.1 Å². The highest BCUT2D eigenvalue weighted by molar-refractivity contribution is 5.97. The molecular formula is C26H27F3N2O3. The molecule has 180 valence electrons. The number of allylic oxidation sites excluding steroid dienone is 1. The fourth-order valence-electron chi connectivity index (χ4n) is 3.57. The van der Waals surface area contributed by atoms with Crippen molar-refractivity contribution in [3.63, 3.8) is 0 Å². The fraction of sp³-hybridized carbons (Fsp3) is 0.269. The number of ether oxygens (including phenoxy) is 2. The zero-order valence-corrected chi connectivity index (χ0v) is 19.0. The van der Waals surface area contributed by atoms with Gasteiger partial charge in [0.25, 0.3) is 5.91 Å². The number of carbonyl (C=O) groups excluding carboxylic acids is 1. The Morgan fingerprint density at radius 1 is 1.09 bits per heavy atom. The third kappa shape index (κ3) is 6.51. The van der Waals surface area contributed by atoms with Crippen molar-refractivity contribution >= 4 is 5.91 Å². The molecule has 1 amide bonds. The molecule has 3 rings (SSSR count). The van der Waals surface area contributed by atoms with Gasteiger partial charge < -0.3 is 20.5 Å². The lowest BCUT2D eigenvalue weighted by Gasteiger charge is -2.12. The van der Waals surface area contributed by atoms with E-state index in [9.17, 15) is 18.0 Å². The average molecular weight is 473 g/mol. The van der Waals surface area contributed by atoms with Gasteiger partial charge in [-0.2, -0.15) is 13.2 Å². The smallest absolute Gasteiger partial charge is 0.416 e. The van der Waals surface area contributed by atoms with Crippen LogP contribution in [-0.2, 0) is 22.3 Å². The molecule has 2 aromatic carbocycles. The van der Waals surface area contributed by atoms with Crippen LogP contribution in [0, 0.1) is 0 Å². The largest absolute Gasteiger partial charge is 0.457 e. The summed E-state index contributed by atoms with van der Waals surface area (Å²) in [5, 5.41) is 2.86. The molecule has 1 aliphatic carbocycles. The molecule has 3 N–H and O–H groups in total. The Balaban J connectivity index is 1.64. The van der Waals surface area contributed by atoms with Crippen LogP contribution in [0.5, 0.6) is 11.5 Å². The monoisotopic (exact) mass is 472 g/mol. The molecule has 0 saturated carbocycles. The summed E-state index contributed by atoms with van der Waals surface area (Å²) in [5.41, 5.74) is 9.30. The van der Waals surface area contributed by atoms with Gasteiger partial charge >= 0.3 is 6.18 Å². The highest BCUT2D eigenvalue weighted by atomic mass is 19.4.